The largest absolute Gasteiger partial charge is 0.354 e. The fourth-order valence-corrected chi connectivity index (χ4v) is 2.52. The number of benzene rings is 1. The average Bonchev–Trinajstić information content (AvgIpc) is 2.47. The zero-order valence-electron chi connectivity index (χ0n) is 10.6. The van der Waals surface area contributed by atoms with Crippen molar-refractivity contribution >= 4 is 16.9 Å². The molecule has 3 rings (SSSR count). The highest BCUT2D eigenvalue weighted by Gasteiger charge is 2.19. The zero-order chi connectivity index (χ0) is 12.4. The normalized spacial score (nSPS) is 20.3. The summed E-state index contributed by atoms with van der Waals surface area (Å²) in [6, 6.07) is 8.58. The second-order valence-electron chi connectivity index (χ2n) is 4.79. The lowest BCUT2D eigenvalue weighted by Crippen LogP contribution is -2.44. The van der Waals surface area contributed by atoms with Gasteiger partial charge in [-0.3, -0.25) is 4.98 Å². The standard InChI is InChI=1S/C14H18N4/c1-15-11-5-4-8-18(10-11)14-9-16-12-6-2-3-7-13(12)17-14/h2-3,6-7,9,11,15H,4-5,8,10H2,1H3/t11-/m1/s1. The van der Waals surface area contributed by atoms with Crippen LogP contribution in [0, 0.1) is 0 Å². The van der Waals surface area contributed by atoms with Gasteiger partial charge in [-0.1, -0.05) is 12.1 Å². The second-order valence-corrected chi connectivity index (χ2v) is 4.79. The first-order chi connectivity index (χ1) is 8.86. The molecule has 1 aromatic heterocycles. The molecule has 2 aromatic rings. The third kappa shape index (κ3) is 2.16. The number of hydrogen-bond acceptors (Lipinski definition) is 4. The van der Waals surface area contributed by atoms with E-state index in [1.165, 1.54) is 12.8 Å². The van der Waals surface area contributed by atoms with Crippen molar-refractivity contribution in [1.29, 1.82) is 0 Å². The van der Waals surface area contributed by atoms with Crippen LogP contribution in [-0.2, 0) is 0 Å². The molecule has 1 atom stereocenters. The van der Waals surface area contributed by atoms with Crippen molar-refractivity contribution in [2.45, 2.75) is 18.9 Å². The minimum Gasteiger partial charge on any atom is -0.354 e. The Labute approximate surface area is 107 Å². The van der Waals surface area contributed by atoms with Crippen LogP contribution in [0.4, 0.5) is 5.82 Å². The molecule has 0 saturated carbocycles. The van der Waals surface area contributed by atoms with E-state index in [1.807, 2.05) is 37.5 Å². The number of nitrogens with one attached hydrogen (secondary N) is 1. The number of anilines is 1. The minimum atomic E-state index is 0.562. The molecule has 0 unspecified atom stereocenters. The maximum atomic E-state index is 4.70. The average molecular weight is 242 g/mol. The number of aromatic nitrogens is 2. The summed E-state index contributed by atoms with van der Waals surface area (Å²) in [5.74, 6) is 0.994. The van der Waals surface area contributed by atoms with Gasteiger partial charge < -0.3 is 10.2 Å². The van der Waals surface area contributed by atoms with Gasteiger partial charge in [-0.2, -0.15) is 0 Å². The lowest BCUT2D eigenvalue weighted by molar-refractivity contribution is 0.447. The van der Waals surface area contributed by atoms with Gasteiger partial charge in [-0.25, -0.2) is 4.98 Å². The molecule has 0 aliphatic carbocycles. The van der Waals surface area contributed by atoms with Gasteiger partial charge in [0.15, 0.2) is 0 Å². The molecule has 0 radical (unpaired) electrons. The lowest BCUT2D eigenvalue weighted by atomic mass is 10.1. The highest BCUT2D eigenvalue weighted by Crippen LogP contribution is 2.19. The second kappa shape index (κ2) is 4.90. The van der Waals surface area contributed by atoms with Crippen LogP contribution in [-0.4, -0.2) is 36.1 Å². The summed E-state index contributed by atoms with van der Waals surface area (Å²) in [6.45, 7) is 2.09. The molecule has 1 saturated heterocycles. The van der Waals surface area contributed by atoms with Gasteiger partial charge >= 0.3 is 0 Å². The van der Waals surface area contributed by atoms with E-state index in [9.17, 15) is 0 Å². The molecule has 0 spiro atoms. The Morgan fingerprint density at radius 3 is 2.94 bits per heavy atom. The third-order valence-electron chi connectivity index (χ3n) is 3.59. The van der Waals surface area contributed by atoms with Gasteiger partial charge in [-0.05, 0) is 32.0 Å². The summed E-state index contributed by atoms with van der Waals surface area (Å²) in [4.78, 5) is 11.5. The number of para-hydroxylation sites is 2. The first-order valence-corrected chi connectivity index (χ1v) is 6.51. The Hall–Kier alpha value is -1.68. The molecule has 2 heterocycles. The Morgan fingerprint density at radius 1 is 1.28 bits per heavy atom. The molecule has 1 N–H and O–H groups in total. The maximum absolute atomic E-state index is 4.70. The van der Waals surface area contributed by atoms with Crippen molar-refractivity contribution in [3.05, 3.63) is 30.5 Å². The molecule has 94 valence electrons. The van der Waals surface area contributed by atoms with E-state index < -0.39 is 0 Å². The molecule has 1 aromatic carbocycles. The van der Waals surface area contributed by atoms with Gasteiger partial charge in [-0.15, -0.1) is 0 Å². The van der Waals surface area contributed by atoms with Gasteiger partial charge in [0.1, 0.15) is 5.82 Å². The number of likely N-dealkylation sites (N-methyl/N-ethyl adjacent to an activating group) is 1. The Bertz CT molecular complexity index is 540. The van der Waals surface area contributed by atoms with E-state index in [2.05, 4.69) is 15.2 Å². The van der Waals surface area contributed by atoms with Crippen LogP contribution in [0.25, 0.3) is 11.0 Å². The van der Waals surface area contributed by atoms with E-state index >= 15 is 0 Å². The number of rotatable bonds is 2. The number of nitrogens with zero attached hydrogens (tertiary/aromatic N) is 3. The van der Waals surface area contributed by atoms with E-state index in [-0.39, 0.29) is 0 Å². The Balaban J connectivity index is 1.89. The summed E-state index contributed by atoms with van der Waals surface area (Å²) in [5.41, 5.74) is 1.94. The number of piperidine rings is 1. The molecular formula is C14H18N4. The van der Waals surface area contributed by atoms with Crippen LogP contribution in [0.5, 0.6) is 0 Å². The first-order valence-electron chi connectivity index (χ1n) is 6.51. The van der Waals surface area contributed by atoms with Crippen LogP contribution in [0.2, 0.25) is 0 Å². The van der Waals surface area contributed by atoms with E-state index in [1.54, 1.807) is 0 Å². The smallest absolute Gasteiger partial charge is 0.147 e. The highest BCUT2D eigenvalue weighted by molar-refractivity contribution is 5.75. The number of hydrogen-bond donors (Lipinski definition) is 1. The van der Waals surface area contributed by atoms with Gasteiger partial charge in [0.05, 0.1) is 17.2 Å². The van der Waals surface area contributed by atoms with Crippen LogP contribution >= 0.6 is 0 Å². The Kier molecular flexibility index (Phi) is 3.11. The van der Waals surface area contributed by atoms with Crippen LogP contribution in [0.1, 0.15) is 12.8 Å². The monoisotopic (exact) mass is 242 g/mol. The number of fused-ring (bicyclic) bond motifs is 1. The van der Waals surface area contributed by atoms with Crippen molar-refractivity contribution in [3.63, 3.8) is 0 Å². The minimum absolute atomic E-state index is 0.562. The predicted octanol–water partition coefficient (Wildman–Crippen LogP) is 1.82. The molecule has 0 bridgehead atoms. The SMILES string of the molecule is CN[C@@H]1CCCN(c2cnc3ccccc3n2)C1. The quantitative estimate of drug-likeness (QED) is 0.872. The summed E-state index contributed by atoms with van der Waals surface area (Å²) in [6.07, 6.45) is 4.34. The third-order valence-corrected chi connectivity index (χ3v) is 3.59. The fourth-order valence-electron chi connectivity index (χ4n) is 2.52. The van der Waals surface area contributed by atoms with Gasteiger partial charge in [0.25, 0.3) is 0 Å². The highest BCUT2D eigenvalue weighted by atomic mass is 15.2. The topological polar surface area (TPSA) is 41.0 Å². The van der Waals surface area contributed by atoms with Crippen molar-refractivity contribution in [1.82, 2.24) is 15.3 Å². The van der Waals surface area contributed by atoms with Crippen LogP contribution in [0.3, 0.4) is 0 Å². The fraction of sp³-hybridized carbons (Fsp3) is 0.429. The van der Waals surface area contributed by atoms with Crippen LogP contribution in [0.15, 0.2) is 30.5 Å². The predicted molar refractivity (Wildman–Crippen MR) is 73.8 cm³/mol. The molecule has 1 aliphatic heterocycles. The van der Waals surface area contributed by atoms with E-state index in [0.717, 1.165) is 29.9 Å². The van der Waals surface area contributed by atoms with Crippen molar-refractivity contribution in [3.8, 4) is 0 Å². The zero-order valence-corrected chi connectivity index (χ0v) is 10.6. The molecule has 0 amide bonds. The summed E-state index contributed by atoms with van der Waals surface area (Å²) in [7, 11) is 2.03. The van der Waals surface area contributed by atoms with Crippen molar-refractivity contribution in [2.75, 3.05) is 25.0 Å². The van der Waals surface area contributed by atoms with E-state index in [0.29, 0.717) is 6.04 Å². The van der Waals surface area contributed by atoms with Gasteiger partial charge in [0, 0.05) is 19.1 Å². The molecule has 18 heavy (non-hydrogen) atoms. The van der Waals surface area contributed by atoms with Gasteiger partial charge in [0.2, 0.25) is 0 Å². The van der Waals surface area contributed by atoms with E-state index in [4.69, 9.17) is 4.98 Å². The summed E-state index contributed by atoms with van der Waals surface area (Å²) in [5, 5.41) is 3.35. The van der Waals surface area contributed by atoms with Crippen molar-refractivity contribution < 1.29 is 0 Å². The van der Waals surface area contributed by atoms with Crippen molar-refractivity contribution in [2.24, 2.45) is 0 Å². The van der Waals surface area contributed by atoms with Crippen LogP contribution < -0.4 is 10.2 Å². The molecule has 4 nitrogen and oxygen atoms in total. The Morgan fingerprint density at radius 2 is 2.11 bits per heavy atom. The lowest BCUT2D eigenvalue weighted by Gasteiger charge is -2.33. The molecule has 1 fully saturated rings. The molecule has 1 aliphatic rings. The maximum Gasteiger partial charge on any atom is 0.147 e. The summed E-state index contributed by atoms with van der Waals surface area (Å²) >= 11 is 0. The molecule has 4 heteroatoms. The molecular weight excluding hydrogens is 224 g/mol. The first kappa shape index (κ1) is 11.4. The summed E-state index contributed by atoms with van der Waals surface area (Å²) < 4.78 is 0.